The number of fused-ring (bicyclic) bond motifs is 1. The van der Waals surface area contributed by atoms with E-state index in [1.54, 1.807) is 25.1 Å². The average molecular weight is 301 g/mol. The van der Waals surface area contributed by atoms with Crippen molar-refractivity contribution in [3.63, 3.8) is 0 Å². The molecule has 0 amide bonds. The molecule has 0 aliphatic heterocycles. The van der Waals surface area contributed by atoms with Crippen LogP contribution in [0.4, 0.5) is 0 Å². The van der Waals surface area contributed by atoms with Gasteiger partial charge in [0.1, 0.15) is 5.58 Å². The molecule has 21 heavy (non-hydrogen) atoms. The molecule has 3 nitrogen and oxygen atoms in total. The van der Waals surface area contributed by atoms with E-state index in [2.05, 4.69) is 0 Å². The average Bonchev–Trinajstić information content (AvgIpc) is 2.87. The Morgan fingerprint density at radius 2 is 1.95 bits per heavy atom. The Morgan fingerprint density at radius 1 is 1.19 bits per heavy atom. The summed E-state index contributed by atoms with van der Waals surface area (Å²) in [7, 11) is 0. The van der Waals surface area contributed by atoms with Crippen LogP contribution in [0.15, 0.2) is 52.9 Å². The summed E-state index contributed by atoms with van der Waals surface area (Å²) in [6, 6.07) is 14.9. The minimum Gasteiger partial charge on any atom is -0.460 e. The highest BCUT2D eigenvalue weighted by Gasteiger charge is 2.22. The molecule has 0 aliphatic rings. The molecule has 1 aromatic heterocycles. The monoisotopic (exact) mass is 300 g/mol. The smallest absolute Gasteiger partial charge is 0.374 e. The van der Waals surface area contributed by atoms with Crippen LogP contribution in [0.25, 0.3) is 22.1 Å². The van der Waals surface area contributed by atoms with E-state index in [1.165, 1.54) is 0 Å². The first-order chi connectivity index (χ1) is 10.2. The molecule has 0 saturated carbocycles. The lowest BCUT2D eigenvalue weighted by molar-refractivity contribution is 0.0494. The van der Waals surface area contributed by atoms with Crippen molar-refractivity contribution in [3.8, 4) is 11.1 Å². The van der Waals surface area contributed by atoms with E-state index < -0.39 is 5.97 Å². The number of ether oxygens (including phenoxy) is 1. The summed E-state index contributed by atoms with van der Waals surface area (Å²) in [6.45, 7) is 2.06. The van der Waals surface area contributed by atoms with Gasteiger partial charge >= 0.3 is 5.97 Å². The van der Waals surface area contributed by atoms with Crippen LogP contribution in [0.5, 0.6) is 0 Å². The van der Waals surface area contributed by atoms with Crippen LogP contribution in [-0.4, -0.2) is 12.6 Å². The molecule has 0 fully saturated rings. The van der Waals surface area contributed by atoms with Gasteiger partial charge in [0.05, 0.1) is 6.61 Å². The van der Waals surface area contributed by atoms with E-state index >= 15 is 0 Å². The summed E-state index contributed by atoms with van der Waals surface area (Å²) in [6.07, 6.45) is 0. The second kappa shape index (κ2) is 5.62. The van der Waals surface area contributed by atoms with Gasteiger partial charge in [0.15, 0.2) is 0 Å². The zero-order valence-electron chi connectivity index (χ0n) is 11.4. The molecule has 106 valence electrons. The van der Waals surface area contributed by atoms with Crippen molar-refractivity contribution in [1.82, 2.24) is 0 Å². The van der Waals surface area contributed by atoms with Crippen molar-refractivity contribution < 1.29 is 13.9 Å². The maximum atomic E-state index is 12.1. The minimum atomic E-state index is -0.469. The number of hydrogen-bond acceptors (Lipinski definition) is 3. The van der Waals surface area contributed by atoms with Gasteiger partial charge in [-0.05, 0) is 30.7 Å². The van der Waals surface area contributed by atoms with E-state index in [0.29, 0.717) is 22.8 Å². The second-order valence-electron chi connectivity index (χ2n) is 4.53. The molecular formula is C17H13ClO3. The van der Waals surface area contributed by atoms with Crippen LogP contribution < -0.4 is 0 Å². The van der Waals surface area contributed by atoms with Crippen LogP contribution in [-0.2, 0) is 4.74 Å². The van der Waals surface area contributed by atoms with Gasteiger partial charge in [-0.1, -0.05) is 41.9 Å². The number of halogens is 1. The Bertz CT molecular complexity index is 790. The third-order valence-corrected chi connectivity index (χ3v) is 3.41. The van der Waals surface area contributed by atoms with Gasteiger partial charge in [-0.2, -0.15) is 0 Å². The minimum absolute atomic E-state index is 0.209. The fourth-order valence-corrected chi connectivity index (χ4v) is 2.47. The van der Waals surface area contributed by atoms with Crippen LogP contribution in [0.1, 0.15) is 17.5 Å². The van der Waals surface area contributed by atoms with E-state index in [1.807, 2.05) is 30.3 Å². The molecule has 0 radical (unpaired) electrons. The number of benzene rings is 2. The molecule has 0 unspecified atom stereocenters. The number of rotatable bonds is 3. The van der Waals surface area contributed by atoms with Crippen molar-refractivity contribution in [3.05, 3.63) is 59.3 Å². The number of hydrogen-bond donors (Lipinski definition) is 0. The molecule has 3 rings (SSSR count). The summed E-state index contributed by atoms with van der Waals surface area (Å²) >= 11 is 6.07. The molecule has 0 atom stereocenters. The fourth-order valence-electron chi connectivity index (χ4n) is 2.30. The molecule has 0 bridgehead atoms. The number of carbonyl (C=O) groups excluding carboxylic acids is 1. The standard InChI is InChI=1S/C17H13ClO3/c1-2-20-17(19)16-15(11-6-4-3-5-7-11)13-10-12(18)8-9-14(13)21-16/h3-10H,2H2,1H3. The van der Waals surface area contributed by atoms with E-state index in [9.17, 15) is 4.79 Å². The zero-order chi connectivity index (χ0) is 14.8. The Morgan fingerprint density at radius 3 is 2.67 bits per heavy atom. The Kier molecular flexibility index (Phi) is 3.67. The molecule has 0 N–H and O–H groups in total. The number of esters is 1. The maximum absolute atomic E-state index is 12.1. The lowest BCUT2D eigenvalue weighted by Gasteiger charge is -2.03. The molecule has 0 aliphatic carbocycles. The van der Waals surface area contributed by atoms with Gasteiger partial charge in [-0.3, -0.25) is 0 Å². The van der Waals surface area contributed by atoms with E-state index in [0.717, 1.165) is 10.9 Å². The number of carbonyl (C=O) groups is 1. The maximum Gasteiger partial charge on any atom is 0.374 e. The van der Waals surface area contributed by atoms with Crippen LogP contribution in [0.2, 0.25) is 5.02 Å². The zero-order valence-corrected chi connectivity index (χ0v) is 12.2. The molecule has 0 spiro atoms. The highest BCUT2D eigenvalue weighted by molar-refractivity contribution is 6.31. The second-order valence-corrected chi connectivity index (χ2v) is 4.97. The molecule has 2 aromatic carbocycles. The topological polar surface area (TPSA) is 39.4 Å². The quantitative estimate of drug-likeness (QED) is 0.644. The van der Waals surface area contributed by atoms with Crippen LogP contribution >= 0.6 is 11.6 Å². The third-order valence-electron chi connectivity index (χ3n) is 3.17. The van der Waals surface area contributed by atoms with Gasteiger partial charge < -0.3 is 9.15 Å². The van der Waals surface area contributed by atoms with Crippen molar-refractivity contribution in [2.24, 2.45) is 0 Å². The lowest BCUT2D eigenvalue weighted by Crippen LogP contribution is -2.04. The lowest BCUT2D eigenvalue weighted by atomic mass is 10.0. The Hall–Kier alpha value is -2.26. The van der Waals surface area contributed by atoms with Crippen molar-refractivity contribution in [2.75, 3.05) is 6.61 Å². The summed E-state index contributed by atoms with van der Waals surface area (Å²) in [4.78, 5) is 12.1. The molecule has 1 heterocycles. The summed E-state index contributed by atoms with van der Waals surface area (Å²) < 4.78 is 10.8. The first kappa shape index (κ1) is 13.7. The van der Waals surface area contributed by atoms with Gasteiger partial charge in [0.2, 0.25) is 5.76 Å². The first-order valence-electron chi connectivity index (χ1n) is 6.65. The highest BCUT2D eigenvalue weighted by atomic mass is 35.5. The van der Waals surface area contributed by atoms with Crippen molar-refractivity contribution >= 4 is 28.5 Å². The predicted molar refractivity (Wildman–Crippen MR) is 82.6 cm³/mol. The summed E-state index contributed by atoms with van der Waals surface area (Å²) in [5.41, 5.74) is 2.22. The highest BCUT2D eigenvalue weighted by Crippen LogP contribution is 2.36. The molecule has 3 aromatic rings. The van der Waals surface area contributed by atoms with E-state index in [-0.39, 0.29) is 5.76 Å². The normalized spacial score (nSPS) is 10.8. The van der Waals surface area contributed by atoms with Gasteiger partial charge in [0.25, 0.3) is 0 Å². The first-order valence-corrected chi connectivity index (χ1v) is 7.03. The van der Waals surface area contributed by atoms with Gasteiger partial charge in [-0.25, -0.2) is 4.79 Å². The third kappa shape index (κ3) is 2.52. The molecule has 0 saturated heterocycles. The van der Waals surface area contributed by atoms with Gasteiger partial charge in [-0.15, -0.1) is 0 Å². The largest absolute Gasteiger partial charge is 0.460 e. The van der Waals surface area contributed by atoms with Crippen molar-refractivity contribution in [1.29, 1.82) is 0 Å². The number of furan rings is 1. The predicted octanol–water partition coefficient (Wildman–Crippen LogP) is 4.93. The summed E-state index contributed by atoms with van der Waals surface area (Å²) in [5, 5.41) is 1.40. The Balaban J connectivity index is 2.29. The molecular weight excluding hydrogens is 288 g/mol. The van der Waals surface area contributed by atoms with E-state index in [4.69, 9.17) is 20.8 Å². The molecule has 4 heteroatoms. The SMILES string of the molecule is CCOC(=O)c1oc2ccc(Cl)cc2c1-c1ccccc1. The van der Waals surface area contributed by atoms with Crippen LogP contribution in [0.3, 0.4) is 0 Å². The summed E-state index contributed by atoms with van der Waals surface area (Å²) in [5.74, 6) is -0.260. The Labute approximate surface area is 127 Å². The fraction of sp³-hybridized carbons (Fsp3) is 0.118. The van der Waals surface area contributed by atoms with Gasteiger partial charge in [0, 0.05) is 16.0 Å². The van der Waals surface area contributed by atoms with Crippen LogP contribution in [0, 0.1) is 0 Å². The van der Waals surface area contributed by atoms with Crippen molar-refractivity contribution in [2.45, 2.75) is 6.92 Å².